The molecule has 1 rings (SSSR count). The average Bonchev–Trinajstić information content (AvgIpc) is 2.36. The predicted molar refractivity (Wildman–Crippen MR) is 91.3 cm³/mol. The lowest BCUT2D eigenvalue weighted by molar-refractivity contribution is -0.125. The zero-order chi connectivity index (χ0) is 17.8. The maximum absolute atomic E-state index is 12.3. The lowest BCUT2D eigenvalue weighted by Gasteiger charge is -2.42. The van der Waals surface area contributed by atoms with Gasteiger partial charge in [0.25, 0.3) is 0 Å². The quantitative estimate of drug-likeness (QED) is 0.831. The molecular weight excluding hydrogens is 294 g/mol. The van der Waals surface area contributed by atoms with Gasteiger partial charge < -0.3 is 20.3 Å². The van der Waals surface area contributed by atoms with Crippen molar-refractivity contribution in [3.05, 3.63) is 0 Å². The number of rotatable bonds is 4. The summed E-state index contributed by atoms with van der Waals surface area (Å²) in [6.45, 7) is 15.4. The highest BCUT2D eigenvalue weighted by atomic mass is 16.6. The fourth-order valence-corrected chi connectivity index (χ4v) is 2.61. The molecule has 0 radical (unpaired) electrons. The smallest absolute Gasteiger partial charge is 0.408 e. The molecule has 0 aromatic heterocycles. The summed E-state index contributed by atoms with van der Waals surface area (Å²) < 4.78 is 5.18. The summed E-state index contributed by atoms with van der Waals surface area (Å²) >= 11 is 0. The van der Waals surface area contributed by atoms with Gasteiger partial charge in [0.1, 0.15) is 11.6 Å². The van der Waals surface area contributed by atoms with Gasteiger partial charge in [-0.2, -0.15) is 0 Å². The van der Waals surface area contributed by atoms with Gasteiger partial charge in [0, 0.05) is 24.7 Å². The van der Waals surface area contributed by atoms with Crippen LogP contribution in [0.4, 0.5) is 4.79 Å². The number of carbonyl (C=O) groups excluding carboxylic acids is 2. The van der Waals surface area contributed by atoms with Crippen LogP contribution in [-0.4, -0.2) is 53.2 Å². The van der Waals surface area contributed by atoms with E-state index in [9.17, 15) is 9.59 Å². The summed E-state index contributed by atoms with van der Waals surface area (Å²) in [6.07, 6.45) is 1.26. The fourth-order valence-electron chi connectivity index (χ4n) is 2.61. The van der Waals surface area contributed by atoms with Crippen molar-refractivity contribution in [2.45, 2.75) is 84.5 Å². The van der Waals surface area contributed by atoms with Crippen LogP contribution in [0.2, 0.25) is 0 Å². The highest BCUT2D eigenvalue weighted by molar-refractivity contribution is 5.85. The van der Waals surface area contributed by atoms with E-state index >= 15 is 0 Å². The number of alkyl carbamates (subject to hydrolysis) is 1. The number of hydrogen-bond acceptors (Lipinski definition) is 4. The maximum atomic E-state index is 12.3. The van der Waals surface area contributed by atoms with Crippen molar-refractivity contribution < 1.29 is 14.3 Å². The Morgan fingerprint density at radius 1 is 1.13 bits per heavy atom. The minimum atomic E-state index is -0.621. The molecule has 6 heteroatoms. The van der Waals surface area contributed by atoms with Gasteiger partial charge >= 0.3 is 6.09 Å². The van der Waals surface area contributed by atoms with Crippen molar-refractivity contribution in [2.75, 3.05) is 13.1 Å². The zero-order valence-electron chi connectivity index (χ0n) is 15.7. The van der Waals surface area contributed by atoms with Crippen LogP contribution in [0.25, 0.3) is 0 Å². The molecule has 0 aromatic rings. The Morgan fingerprint density at radius 3 is 2.09 bits per heavy atom. The molecule has 0 aromatic carbocycles. The average molecular weight is 327 g/mol. The molecule has 1 saturated heterocycles. The van der Waals surface area contributed by atoms with E-state index in [0.717, 1.165) is 25.9 Å². The van der Waals surface area contributed by atoms with Crippen LogP contribution in [0.3, 0.4) is 0 Å². The van der Waals surface area contributed by atoms with Gasteiger partial charge in [0.05, 0.1) is 0 Å². The van der Waals surface area contributed by atoms with Crippen LogP contribution < -0.4 is 10.6 Å². The van der Waals surface area contributed by atoms with Gasteiger partial charge in [-0.15, -0.1) is 0 Å². The third-order valence-corrected chi connectivity index (χ3v) is 4.18. The van der Waals surface area contributed by atoms with E-state index in [0.29, 0.717) is 6.04 Å². The van der Waals surface area contributed by atoms with Gasteiger partial charge in [-0.05, 0) is 61.3 Å². The lowest BCUT2D eigenvalue weighted by atomic mass is 9.88. The number of ether oxygens (including phenoxy) is 1. The number of nitrogens with zero attached hydrogens (tertiary/aromatic N) is 1. The molecule has 1 heterocycles. The predicted octanol–water partition coefficient (Wildman–Crippen LogP) is 2.28. The Bertz CT molecular complexity index is 421. The first-order valence-corrected chi connectivity index (χ1v) is 8.47. The standard InChI is InChI=1S/C17H33N3O3/c1-12(2)20-10-8-17(7,9-11-20)19-14(21)13(3)18-15(22)23-16(4,5)6/h12-13H,8-11H2,1-7H3,(H,18,22)(H,19,21). The monoisotopic (exact) mass is 327 g/mol. The minimum Gasteiger partial charge on any atom is -0.444 e. The fraction of sp³-hybridized carbons (Fsp3) is 0.882. The largest absolute Gasteiger partial charge is 0.444 e. The van der Waals surface area contributed by atoms with Crippen LogP contribution in [0.15, 0.2) is 0 Å². The van der Waals surface area contributed by atoms with Gasteiger partial charge in [0.15, 0.2) is 0 Å². The highest BCUT2D eigenvalue weighted by Crippen LogP contribution is 2.23. The van der Waals surface area contributed by atoms with Crippen molar-refractivity contribution in [3.8, 4) is 0 Å². The molecule has 1 aliphatic rings. The number of nitrogens with one attached hydrogen (secondary N) is 2. The number of hydrogen-bond donors (Lipinski definition) is 2. The summed E-state index contributed by atoms with van der Waals surface area (Å²) in [5.41, 5.74) is -0.789. The second kappa shape index (κ2) is 7.51. The van der Waals surface area contributed by atoms with Gasteiger partial charge in [-0.25, -0.2) is 4.79 Å². The van der Waals surface area contributed by atoms with E-state index in [1.165, 1.54) is 0 Å². The van der Waals surface area contributed by atoms with Gasteiger partial charge in [-0.3, -0.25) is 4.79 Å². The molecule has 0 saturated carbocycles. The van der Waals surface area contributed by atoms with Gasteiger partial charge in [-0.1, -0.05) is 0 Å². The van der Waals surface area contributed by atoms with Crippen molar-refractivity contribution in [1.82, 2.24) is 15.5 Å². The zero-order valence-corrected chi connectivity index (χ0v) is 15.7. The van der Waals surface area contributed by atoms with E-state index < -0.39 is 17.7 Å². The maximum Gasteiger partial charge on any atom is 0.408 e. The van der Waals surface area contributed by atoms with Crippen LogP contribution in [0.5, 0.6) is 0 Å². The molecule has 1 aliphatic heterocycles. The minimum absolute atomic E-state index is 0.170. The van der Waals surface area contributed by atoms with Crippen LogP contribution >= 0.6 is 0 Å². The molecule has 0 spiro atoms. The number of amides is 2. The Morgan fingerprint density at radius 2 is 1.65 bits per heavy atom. The summed E-state index contributed by atoms with van der Waals surface area (Å²) in [5.74, 6) is -0.170. The topological polar surface area (TPSA) is 70.7 Å². The number of likely N-dealkylation sites (tertiary alicyclic amines) is 1. The van der Waals surface area contributed by atoms with Crippen molar-refractivity contribution in [2.24, 2.45) is 0 Å². The SMILES string of the molecule is CC(NC(=O)OC(C)(C)C)C(=O)NC1(C)CCN(C(C)C)CC1. The first-order chi connectivity index (χ1) is 10.4. The third kappa shape index (κ3) is 6.77. The highest BCUT2D eigenvalue weighted by Gasteiger charge is 2.33. The molecule has 1 unspecified atom stereocenters. The van der Waals surface area contributed by atoms with E-state index in [2.05, 4.69) is 36.3 Å². The Balaban J connectivity index is 2.47. The molecule has 0 bridgehead atoms. The summed E-state index contributed by atoms with van der Waals surface area (Å²) in [6, 6.07) is -0.0900. The lowest BCUT2D eigenvalue weighted by Crippen LogP contribution is -2.58. The Labute approximate surface area is 140 Å². The van der Waals surface area contributed by atoms with Crippen molar-refractivity contribution in [1.29, 1.82) is 0 Å². The molecule has 2 N–H and O–H groups in total. The second-order valence-electron chi connectivity index (χ2n) is 8.05. The Kier molecular flexibility index (Phi) is 6.45. The van der Waals surface area contributed by atoms with E-state index in [1.54, 1.807) is 27.7 Å². The van der Waals surface area contributed by atoms with E-state index in [-0.39, 0.29) is 11.4 Å². The van der Waals surface area contributed by atoms with Crippen molar-refractivity contribution in [3.63, 3.8) is 0 Å². The molecule has 6 nitrogen and oxygen atoms in total. The molecule has 134 valence electrons. The summed E-state index contributed by atoms with van der Waals surface area (Å²) in [7, 11) is 0. The van der Waals surface area contributed by atoms with E-state index in [1.807, 2.05) is 0 Å². The first kappa shape index (κ1) is 19.7. The number of piperidine rings is 1. The summed E-state index contributed by atoms with van der Waals surface area (Å²) in [5, 5.41) is 5.67. The second-order valence-corrected chi connectivity index (χ2v) is 8.05. The van der Waals surface area contributed by atoms with Crippen LogP contribution in [0, 0.1) is 0 Å². The Hall–Kier alpha value is -1.30. The van der Waals surface area contributed by atoms with Crippen LogP contribution in [-0.2, 0) is 9.53 Å². The molecular formula is C17H33N3O3. The van der Waals surface area contributed by atoms with Gasteiger partial charge in [0.2, 0.25) is 5.91 Å². The molecule has 1 fully saturated rings. The van der Waals surface area contributed by atoms with Crippen molar-refractivity contribution >= 4 is 12.0 Å². The molecule has 1 atom stereocenters. The third-order valence-electron chi connectivity index (χ3n) is 4.18. The first-order valence-electron chi connectivity index (χ1n) is 8.47. The van der Waals surface area contributed by atoms with Crippen LogP contribution in [0.1, 0.15) is 61.3 Å². The summed E-state index contributed by atoms with van der Waals surface area (Å²) in [4.78, 5) is 26.5. The molecule has 23 heavy (non-hydrogen) atoms. The number of carbonyl (C=O) groups is 2. The molecule has 0 aliphatic carbocycles. The van der Waals surface area contributed by atoms with E-state index in [4.69, 9.17) is 4.74 Å². The normalized spacial score (nSPS) is 20.0. The molecule has 2 amide bonds.